The van der Waals surface area contributed by atoms with E-state index in [1.807, 2.05) is 4.90 Å². The fourth-order valence-electron chi connectivity index (χ4n) is 8.11. The maximum Gasteiger partial charge on any atom is 0.245 e. The largest absolute Gasteiger partial charge is 0.338 e. The van der Waals surface area contributed by atoms with Crippen LogP contribution in [-0.2, 0) is 9.59 Å². The predicted octanol–water partition coefficient (Wildman–Crippen LogP) is 5.09. The van der Waals surface area contributed by atoms with E-state index in [1.54, 1.807) is 0 Å². The van der Waals surface area contributed by atoms with Crippen LogP contribution in [-0.4, -0.2) is 59.4 Å². The minimum atomic E-state index is -0.312. The van der Waals surface area contributed by atoms with Crippen LogP contribution < -0.4 is 5.32 Å². The van der Waals surface area contributed by atoms with Crippen molar-refractivity contribution in [2.45, 2.75) is 117 Å². The van der Waals surface area contributed by atoms with Crippen LogP contribution >= 0.6 is 0 Å². The molecule has 2 amide bonds. The van der Waals surface area contributed by atoms with Gasteiger partial charge in [0.25, 0.3) is 0 Å². The molecular formula is C29H51N3O2. The molecule has 0 aromatic carbocycles. The number of piperidine rings is 1. The summed E-state index contributed by atoms with van der Waals surface area (Å²) < 4.78 is 0. The van der Waals surface area contributed by atoms with Gasteiger partial charge in [0.05, 0.1) is 6.04 Å². The summed E-state index contributed by atoms with van der Waals surface area (Å²) in [6.45, 7) is 15.7. The van der Waals surface area contributed by atoms with Crippen molar-refractivity contribution in [3.63, 3.8) is 0 Å². The predicted molar refractivity (Wildman–Crippen MR) is 138 cm³/mol. The van der Waals surface area contributed by atoms with Crippen LogP contribution in [0.3, 0.4) is 0 Å². The number of carbonyl (C=O) groups excluding carboxylic acids is 2. The molecule has 0 aromatic heterocycles. The van der Waals surface area contributed by atoms with Crippen LogP contribution in [0, 0.1) is 35.0 Å². The van der Waals surface area contributed by atoms with Crippen molar-refractivity contribution in [1.29, 1.82) is 0 Å². The van der Waals surface area contributed by atoms with Gasteiger partial charge in [0.15, 0.2) is 0 Å². The highest BCUT2D eigenvalue weighted by Crippen LogP contribution is 2.57. The van der Waals surface area contributed by atoms with Crippen LogP contribution in [0.25, 0.3) is 0 Å². The van der Waals surface area contributed by atoms with E-state index in [0.29, 0.717) is 23.8 Å². The van der Waals surface area contributed by atoms with Gasteiger partial charge in [0, 0.05) is 25.7 Å². The smallest absolute Gasteiger partial charge is 0.245 e. The number of fused-ring (bicyclic) bond motifs is 1. The highest BCUT2D eigenvalue weighted by molar-refractivity contribution is 5.90. The minimum Gasteiger partial charge on any atom is -0.338 e. The third kappa shape index (κ3) is 5.50. The molecule has 0 radical (unpaired) electrons. The molecule has 2 aliphatic carbocycles. The Labute approximate surface area is 208 Å². The molecule has 5 nitrogen and oxygen atoms in total. The number of rotatable bonds is 6. The summed E-state index contributed by atoms with van der Waals surface area (Å²) in [7, 11) is 0. The normalized spacial score (nSPS) is 37.5. The molecule has 5 heteroatoms. The zero-order valence-electron chi connectivity index (χ0n) is 22.8. The fourth-order valence-corrected chi connectivity index (χ4v) is 8.11. The molecular weight excluding hydrogens is 422 g/mol. The van der Waals surface area contributed by atoms with Gasteiger partial charge in [0.1, 0.15) is 6.04 Å². The van der Waals surface area contributed by atoms with Crippen LogP contribution in [0.15, 0.2) is 0 Å². The molecule has 1 N–H and O–H groups in total. The number of hydrogen-bond donors (Lipinski definition) is 1. The summed E-state index contributed by atoms with van der Waals surface area (Å²) >= 11 is 0. The van der Waals surface area contributed by atoms with Crippen molar-refractivity contribution in [2.24, 2.45) is 35.0 Å². The van der Waals surface area contributed by atoms with Gasteiger partial charge in [-0.2, -0.15) is 0 Å². The Hall–Kier alpha value is -1.10. The van der Waals surface area contributed by atoms with Gasteiger partial charge < -0.3 is 15.1 Å². The lowest BCUT2D eigenvalue weighted by Crippen LogP contribution is -2.63. The van der Waals surface area contributed by atoms with Gasteiger partial charge >= 0.3 is 0 Å². The maximum absolute atomic E-state index is 14.0. The Kier molecular flexibility index (Phi) is 8.01. The Bertz CT molecular complexity index is 737. The van der Waals surface area contributed by atoms with Crippen LogP contribution in [0.2, 0.25) is 0 Å². The maximum atomic E-state index is 14.0. The summed E-state index contributed by atoms with van der Waals surface area (Å²) in [5.74, 6) is 3.92. The molecule has 4 aliphatic rings. The van der Waals surface area contributed by atoms with Crippen molar-refractivity contribution in [3.05, 3.63) is 0 Å². The second kappa shape index (κ2) is 10.5. The lowest BCUT2D eigenvalue weighted by Gasteiger charge is -2.47. The number of nitrogens with zero attached hydrogens (tertiary/aromatic N) is 2. The van der Waals surface area contributed by atoms with Gasteiger partial charge in [-0.1, -0.05) is 41.0 Å². The Morgan fingerprint density at radius 3 is 2.44 bits per heavy atom. The third-order valence-electron chi connectivity index (χ3n) is 9.61. The van der Waals surface area contributed by atoms with Gasteiger partial charge in [-0.3, -0.25) is 9.59 Å². The average molecular weight is 474 g/mol. The number of nitrogens with one attached hydrogen (secondary N) is 1. The topological polar surface area (TPSA) is 52.7 Å². The summed E-state index contributed by atoms with van der Waals surface area (Å²) in [5, 5.41) is 3.41. The molecule has 0 bridgehead atoms. The molecule has 4 rings (SSSR count). The van der Waals surface area contributed by atoms with Crippen molar-refractivity contribution in [1.82, 2.24) is 15.1 Å². The van der Waals surface area contributed by atoms with E-state index in [-0.39, 0.29) is 29.9 Å². The van der Waals surface area contributed by atoms with Crippen molar-refractivity contribution in [2.75, 3.05) is 19.6 Å². The number of likely N-dealkylation sites (tertiary alicyclic amines) is 1. The molecule has 4 fully saturated rings. The van der Waals surface area contributed by atoms with Crippen LogP contribution in [0.4, 0.5) is 0 Å². The molecule has 2 saturated carbocycles. The Morgan fingerprint density at radius 2 is 1.76 bits per heavy atom. The molecule has 1 spiro atoms. The highest BCUT2D eigenvalue weighted by atomic mass is 16.2. The summed E-state index contributed by atoms with van der Waals surface area (Å²) in [4.78, 5) is 31.5. The van der Waals surface area contributed by atoms with Gasteiger partial charge in [-0.25, -0.2) is 0 Å². The summed E-state index contributed by atoms with van der Waals surface area (Å²) in [6, 6.07) is -0.187. The first kappa shape index (κ1) is 26.0. The van der Waals surface area contributed by atoms with Crippen LogP contribution in [0.5, 0.6) is 0 Å². The number of piperazine rings is 1. The Balaban J connectivity index is 1.45. The molecule has 2 aliphatic heterocycles. The molecule has 0 aromatic rings. The molecule has 34 heavy (non-hydrogen) atoms. The standard InChI is InChI=1S/C29H51N3O2/c1-19(2)13-25-27(33)32(12-10-30-25)26(14-20(3)4)28(34)31-11-9-29(16-22(31)6)17-23-8-7-21(5)15-24(23)18-29/h19-26,30H,7-18H2,1-6H3/t21?,22-,23+,24-,25-,26-,29?/m0/s1. The van der Waals surface area contributed by atoms with Gasteiger partial charge in [-0.15, -0.1) is 0 Å². The summed E-state index contributed by atoms with van der Waals surface area (Å²) in [6.07, 6.45) is 10.9. The van der Waals surface area contributed by atoms with Gasteiger partial charge in [-0.05, 0) is 93.3 Å². The average Bonchev–Trinajstić information content (AvgIpc) is 3.09. The molecule has 2 unspecified atom stereocenters. The number of hydrogen-bond acceptors (Lipinski definition) is 3. The second-order valence-electron chi connectivity index (χ2n) is 13.5. The third-order valence-corrected chi connectivity index (χ3v) is 9.61. The highest BCUT2D eigenvalue weighted by Gasteiger charge is 2.50. The van der Waals surface area contributed by atoms with Crippen molar-refractivity contribution in [3.8, 4) is 0 Å². The monoisotopic (exact) mass is 473 g/mol. The first-order valence-electron chi connectivity index (χ1n) is 14.4. The van der Waals surface area contributed by atoms with Crippen LogP contribution in [0.1, 0.15) is 99.3 Å². The number of amides is 2. The molecule has 7 atom stereocenters. The lowest BCUT2D eigenvalue weighted by atomic mass is 9.73. The number of carbonyl (C=O) groups is 2. The van der Waals surface area contributed by atoms with Crippen molar-refractivity contribution >= 4 is 11.8 Å². The van der Waals surface area contributed by atoms with E-state index in [0.717, 1.165) is 56.5 Å². The van der Waals surface area contributed by atoms with E-state index in [1.165, 1.54) is 32.1 Å². The van der Waals surface area contributed by atoms with E-state index in [4.69, 9.17) is 0 Å². The van der Waals surface area contributed by atoms with E-state index >= 15 is 0 Å². The second-order valence-corrected chi connectivity index (χ2v) is 13.5. The first-order chi connectivity index (χ1) is 16.1. The lowest BCUT2D eigenvalue weighted by molar-refractivity contribution is -0.152. The fraction of sp³-hybridized carbons (Fsp3) is 0.931. The molecule has 2 heterocycles. The zero-order valence-corrected chi connectivity index (χ0v) is 22.8. The molecule has 194 valence electrons. The minimum absolute atomic E-state index is 0.133. The first-order valence-corrected chi connectivity index (χ1v) is 14.4. The zero-order chi connectivity index (χ0) is 24.6. The Morgan fingerprint density at radius 1 is 1.03 bits per heavy atom. The molecule has 2 saturated heterocycles. The SMILES string of the molecule is CC(C)C[C@@H]1NCCN([C@@H](CC(C)C)C(=O)N2CCC3(C[C@H]4CCC(C)C[C@H]4C3)C[C@@H]2C)C1=O. The summed E-state index contributed by atoms with van der Waals surface area (Å²) in [5.41, 5.74) is 0.455. The van der Waals surface area contributed by atoms with E-state index < -0.39 is 0 Å². The van der Waals surface area contributed by atoms with E-state index in [9.17, 15) is 9.59 Å². The van der Waals surface area contributed by atoms with Gasteiger partial charge in [0.2, 0.25) is 11.8 Å². The van der Waals surface area contributed by atoms with Crippen molar-refractivity contribution < 1.29 is 9.59 Å². The van der Waals surface area contributed by atoms with E-state index in [2.05, 4.69) is 51.8 Å². The quantitative estimate of drug-likeness (QED) is 0.584.